The minimum atomic E-state index is 0.0528. The lowest BCUT2D eigenvalue weighted by Crippen LogP contribution is -2.35. The Morgan fingerprint density at radius 2 is 2.11 bits per heavy atom. The lowest BCUT2D eigenvalue weighted by Gasteiger charge is -2.28. The monoisotopic (exact) mass is 259 g/mol. The molecule has 2 heterocycles. The summed E-state index contributed by atoms with van der Waals surface area (Å²) in [5.41, 5.74) is 3.32. The molecule has 0 bridgehead atoms. The molecule has 5 heteroatoms. The van der Waals surface area contributed by atoms with Crippen molar-refractivity contribution in [2.24, 2.45) is 0 Å². The first-order valence-electron chi connectivity index (χ1n) is 5.90. The zero-order valence-corrected chi connectivity index (χ0v) is 10.9. The summed E-state index contributed by atoms with van der Waals surface area (Å²) in [4.78, 5) is 14.9. The third kappa shape index (κ3) is 1.90. The number of aryl methyl sites for hydroxylation is 1. The van der Waals surface area contributed by atoms with Crippen LogP contribution >= 0.6 is 11.5 Å². The molecule has 0 aliphatic carbocycles. The second-order valence-electron chi connectivity index (χ2n) is 4.43. The van der Waals surface area contributed by atoms with Crippen molar-refractivity contribution in [3.8, 4) is 0 Å². The maximum atomic E-state index is 12.3. The first-order chi connectivity index (χ1) is 8.75. The molecular weight excluding hydrogens is 246 g/mol. The highest BCUT2D eigenvalue weighted by Gasteiger charge is 2.24. The predicted octanol–water partition coefficient (Wildman–Crippen LogP) is 2.05. The van der Waals surface area contributed by atoms with Crippen LogP contribution in [0.4, 0.5) is 0 Å². The number of carbonyl (C=O) groups is 1. The van der Waals surface area contributed by atoms with Crippen LogP contribution in [0.5, 0.6) is 0 Å². The molecule has 0 fully saturated rings. The largest absolute Gasteiger partial charge is 0.333 e. The molecule has 0 atom stereocenters. The zero-order valence-electron chi connectivity index (χ0n) is 10.1. The molecule has 4 nitrogen and oxygen atoms in total. The summed E-state index contributed by atoms with van der Waals surface area (Å²) >= 11 is 1.18. The topological polar surface area (TPSA) is 46.1 Å². The molecular formula is C13H13N3OS. The third-order valence-electron chi connectivity index (χ3n) is 3.26. The molecule has 3 rings (SSSR count). The number of amides is 1. The second-order valence-corrected chi connectivity index (χ2v) is 5.19. The van der Waals surface area contributed by atoms with Crippen LogP contribution in [0.15, 0.2) is 24.3 Å². The van der Waals surface area contributed by atoms with Gasteiger partial charge in [0.05, 0.1) is 5.69 Å². The van der Waals surface area contributed by atoms with E-state index in [4.69, 9.17) is 0 Å². The first kappa shape index (κ1) is 11.3. The van der Waals surface area contributed by atoms with Crippen LogP contribution in [0.2, 0.25) is 0 Å². The van der Waals surface area contributed by atoms with E-state index in [1.807, 2.05) is 24.0 Å². The van der Waals surface area contributed by atoms with Crippen molar-refractivity contribution in [2.75, 3.05) is 6.54 Å². The van der Waals surface area contributed by atoms with Gasteiger partial charge in [0.1, 0.15) is 4.88 Å². The van der Waals surface area contributed by atoms with Gasteiger partial charge in [-0.25, -0.2) is 0 Å². The second kappa shape index (κ2) is 4.49. The molecule has 92 valence electrons. The molecule has 1 amide bonds. The summed E-state index contributed by atoms with van der Waals surface area (Å²) in [5, 5.41) is 3.90. The minimum absolute atomic E-state index is 0.0528. The Morgan fingerprint density at radius 1 is 1.33 bits per heavy atom. The van der Waals surface area contributed by atoms with Crippen LogP contribution in [-0.4, -0.2) is 26.9 Å². The van der Waals surface area contributed by atoms with E-state index in [0.29, 0.717) is 11.4 Å². The highest BCUT2D eigenvalue weighted by molar-refractivity contribution is 7.07. The van der Waals surface area contributed by atoms with Gasteiger partial charge in [0.25, 0.3) is 5.91 Å². The van der Waals surface area contributed by atoms with Gasteiger partial charge in [-0.05, 0) is 36.0 Å². The minimum Gasteiger partial charge on any atom is -0.333 e. The van der Waals surface area contributed by atoms with E-state index in [1.54, 1.807) is 0 Å². The highest BCUT2D eigenvalue weighted by Crippen LogP contribution is 2.21. The Labute approximate surface area is 109 Å². The third-order valence-corrected chi connectivity index (χ3v) is 4.08. The molecule has 0 radical (unpaired) electrons. The Kier molecular flexibility index (Phi) is 2.83. The fourth-order valence-corrected chi connectivity index (χ4v) is 2.87. The molecule has 0 unspecified atom stereocenters. The van der Waals surface area contributed by atoms with Crippen molar-refractivity contribution in [3.05, 3.63) is 46.0 Å². The van der Waals surface area contributed by atoms with Gasteiger partial charge in [0.2, 0.25) is 0 Å². The summed E-state index contributed by atoms with van der Waals surface area (Å²) < 4.78 is 3.83. The number of hydrogen-bond donors (Lipinski definition) is 0. The van der Waals surface area contributed by atoms with Gasteiger partial charge in [0.15, 0.2) is 0 Å². The SMILES string of the molecule is Cc1nnsc1C(=O)N1CCc2ccccc2C1. The van der Waals surface area contributed by atoms with E-state index in [-0.39, 0.29) is 5.91 Å². The van der Waals surface area contributed by atoms with E-state index >= 15 is 0 Å². The number of nitrogens with zero attached hydrogens (tertiary/aromatic N) is 3. The Balaban J connectivity index is 1.84. The van der Waals surface area contributed by atoms with E-state index in [2.05, 4.69) is 21.7 Å². The van der Waals surface area contributed by atoms with E-state index in [0.717, 1.165) is 18.7 Å². The maximum absolute atomic E-state index is 12.3. The number of fused-ring (bicyclic) bond motifs is 1. The van der Waals surface area contributed by atoms with Crippen LogP contribution < -0.4 is 0 Å². The van der Waals surface area contributed by atoms with Gasteiger partial charge >= 0.3 is 0 Å². The molecule has 1 aliphatic heterocycles. The molecule has 0 spiro atoms. The fraction of sp³-hybridized carbons (Fsp3) is 0.308. The molecule has 0 N–H and O–H groups in total. The Hall–Kier alpha value is -1.75. The Bertz CT molecular complexity index is 593. The van der Waals surface area contributed by atoms with Gasteiger partial charge in [-0.15, -0.1) is 5.10 Å². The van der Waals surface area contributed by atoms with Crippen LogP contribution in [0.3, 0.4) is 0 Å². The lowest BCUT2D eigenvalue weighted by molar-refractivity contribution is 0.0738. The standard InChI is InChI=1S/C13H13N3OS/c1-9-12(18-15-14-9)13(17)16-7-6-10-4-2-3-5-11(10)8-16/h2-5H,6-8H2,1H3. The van der Waals surface area contributed by atoms with Crippen molar-refractivity contribution in [1.29, 1.82) is 0 Å². The summed E-state index contributed by atoms with van der Waals surface area (Å²) in [6.07, 6.45) is 0.924. The van der Waals surface area contributed by atoms with Gasteiger partial charge in [0, 0.05) is 13.1 Å². The van der Waals surface area contributed by atoms with E-state index in [9.17, 15) is 4.79 Å². The van der Waals surface area contributed by atoms with Crippen LogP contribution in [0.1, 0.15) is 26.5 Å². The van der Waals surface area contributed by atoms with Crippen LogP contribution in [-0.2, 0) is 13.0 Å². The molecule has 0 saturated heterocycles. The van der Waals surface area contributed by atoms with Crippen molar-refractivity contribution in [3.63, 3.8) is 0 Å². The van der Waals surface area contributed by atoms with Crippen molar-refractivity contribution < 1.29 is 4.79 Å². The van der Waals surface area contributed by atoms with Crippen molar-refractivity contribution in [1.82, 2.24) is 14.5 Å². The molecule has 0 saturated carbocycles. The smallest absolute Gasteiger partial charge is 0.267 e. The van der Waals surface area contributed by atoms with E-state index in [1.165, 1.54) is 22.7 Å². The normalized spacial score (nSPS) is 14.4. The molecule has 1 aliphatic rings. The predicted molar refractivity (Wildman–Crippen MR) is 69.5 cm³/mol. The van der Waals surface area contributed by atoms with Gasteiger partial charge in [-0.3, -0.25) is 4.79 Å². The van der Waals surface area contributed by atoms with Gasteiger partial charge < -0.3 is 4.90 Å². The number of hydrogen-bond acceptors (Lipinski definition) is 4. The zero-order chi connectivity index (χ0) is 12.5. The van der Waals surface area contributed by atoms with Gasteiger partial charge in [-0.2, -0.15) is 0 Å². The quantitative estimate of drug-likeness (QED) is 0.787. The lowest BCUT2D eigenvalue weighted by atomic mass is 10.00. The van der Waals surface area contributed by atoms with Crippen LogP contribution in [0.25, 0.3) is 0 Å². The van der Waals surface area contributed by atoms with Crippen molar-refractivity contribution in [2.45, 2.75) is 19.9 Å². The maximum Gasteiger partial charge on any atom is 0.267 e. The number of rotatable bonds is 1. The van der Waals surface area contributed by atoms with E-state index < -0.39 is 0 Å². The average Bonchev–Trinajstić information content (AvgIpc) is 2.83. The molecule has 2 aromatic rings. The average molecular weight is 259 g/mol. The van der Waals surface area contributed by atoms with Crippen molar-refractivity contribution >= 4 is 17.4 Å². The van der Waals surface area contributed by atoms with Gasteiger partial charge in [-0.1, -0.05) is 28.8 Å². The molecule has 1 aromatic carbocycles. The first-order valence-corrected chi connectivity index (χ1v) is 6.68. The summed E-state index contributed by atoms with van der Waals surface area (Å²) in [5.74, 6) is 0.0528. The van der Waals surface area contributed by atoms with Crippen LogP contribution in [0, 0.1) is 6.92 Å². The molecule has 1 aromatic heterocycles. The fourth-order valence-electron chi connectivity index (χ4n) is 2.24. The number of carbonyl (C=O) groups excluding carboxylic acids is 1. The highest BCUT2D eigenvalue weighted by atomic mass is 32.1. The molecule has 18 heavy (non-hydrogen) atoms. The Morgan fingerprint density at radius 3 is 2.83 bits per heavy atom. The summed E-state index contributed by atoms with van der Waals surface area (Å²) in [6, 6.07) is 8.29. The number of aromatic nitrogens is 2. The summed E-state index contributed by atoms with van der Waals surface area (Å²) in [7, 11) is 0. The summed E-state index contributed by atoms with van der Waals surface area (Å²) in [6.45, 7) is 3.29. The number of benzene rings is 1.